The quantitative estimate of drug-likeness (QED) is 0.561. The number of piperazine rings is 1. The molecule has 34 heavy (non-hydrogen) atoms. The number of thiophene rings is 1. The zero-order valence-electron chi connectivity index (χ0n) is 18.2. The molecule has 2 aromatic heterocycles. The van der Waals surface area contributed by atoms with Gasteiger partial charge in [-0.15, -0.1) is 11.3 Å². The Hall–Kier alpha value is -2.56. The van der Waals surface area contributed by atoms with Gasteiger partial charge in [0.1, 0.15) is 17.4 Å². The normalized spacial score (nSPS) is 21.2. The third-order valence-corrected chi connectivity index (χ3v) is 7.78. The zero-order chi connectivity index (χ0) is 23.9. The fourth-order valence-electron chi connectivity index (χ4n) is 4.64. The number of carbonyl (C=O) groups excluding carboxylic acids is 1. The monoisotopic (exact) mass is 510 g/mol. The highest BCUT2D eigenvalue weighted by Gasteiger charge is 2.48. The number of quaternary nitrogens is 1. The van der Waals surface area contributed by atoms with Crippen molar-refractivity contribution in [1.82, 2.24) is 14.7 Å². The van der Waals surface area contributed by atoms with Crippen LogP contribution in [-0.2, 0) is 6.54 Å². The zero-order valence-corrected chi connectivity index (χ0v) is 19.8. The molecule has 6 nitrogen and oxygen atoms in total. The van der Waals surface area contributed by atoms with Crippen molar-refractivity contribution < 1.29 is 22.9 Å². The Balaban J connectivity index is 1.34. The first-order chi connectivity index (χ1) is 16.3. The highest BCUT2D eigenvalue weighted by molar-refractivity contribution is 7.10. The van der Waals surface area contributed by atoms with Crippen molar-refractivity contribution in [3.8, 4) is 0 Å². The maximum atomic E-state index is 13.9. The molecule has 2 unspecified atom stereocenters. The summed E-state index contributed by atoms with van der Waals surface area (Å²) in [5.41, 5.74) is 1.10. The van der Waals surface area contributed by atoms with Crippen LogP contribution < -0.4 is 10.2 Å². The second-order valence-electron chi connectivity index (χ2n) is 8.67. The summed E-state index contributed by atoms with van der Waals surface area (Å²) in [6, 6.07) is 11.3. The van der Waals surface area contributed by atoms with Crippen LogP contribution >= 0.6 is 22.9 Å². The second-order valence-corrected chi connectivity index (χ2v) is 10.0. The summed E-state index contributed by atoms with van der Waals surface area (Å²) in [5.74, 6) is -0.383. The van der Waals surface area contributed by atoms with Gasteiger partial charge in [-0.25, -0.2) is 4.68 Å². The number of hydrogen-bond donors (Lipinski definition) is 2. The number of anilines is 1. The van der Waals surface area contributed by atoms with E-state index in [2.05, 4.69) is 22.5 Å². The number of alkyl halides is 3. The Morgan fingerprint density at radius 3 is 2.56 bits per heavy atom. The number of amides is 1. The van der Waals surface area contributed by atoms with E-state index in [1.54, 1.807) is 17.0 Å². The van der Waals surface area contributed by atoms with Gasteiger partial charge in [-0.1, -0.05) is 48.0 Å². The first-order valence-corrected chi connectivity index (χ1v) is 12.4. The van der Waals surface area contributed by atoms with Crippen LogP contribution in [0.5, 0.6) is 0 Å². The molecule has 3 aromatic rings. The van der Waals surface area contributed by atoms with E-state index in [4.69, 9.17) is 11.6 Å². The fourth-order valence-corrected chi connectivity index (χ4v) is 5.69. The van der Waals surface area contributed by atoms with Gasteiger partial charge < -0.3 is 15.1 Å². The summed E-state index contributed by atoms with van der Waals surface area (Å²) in [7, 11) is 0. The molecule has 0 bridgehead atoms. The molecule has 11 heteroatoms. The molecule has 2 aliphatic heterocycles. The molecule has 0 saturated carbocycles. The molecule has 1 aromatic carbocycles. The van der Waals surface area contributed by atoms with E-state index >= 15 is 0 Å². The minimum Gasteiger partial charge on any atom is -0.361 e. The minimum atomic E-state index is -4.52. The first kappa shape index (κ1) is 23.2. The summed E-state index contributed by atoms with van der Waals surface area (Å²) in [6.45, 7) is 3.34. The Bertz CT molecular complexity index is 1140. The van der Waals surface area contributed by atoms with Crippen molar-refractivity contribution >= 4 is 34.7 Å². The van der Waals surface area contributed by atoms with Gasteiger partial charge >= 0.3 is 6.18 Å². The fraction of sp³-hybridized carbons (Fsp3) is 0.391. The molecular formula is C23H24ClF3N5OS+. The summed E-state index contributed by atoms with van der Waals surface area (Å²) in [6.07, 6.45) is -4.74. The lowest BCUT2D eigenvalue weighted by Gasteiger charge is -2.33. The Kier molecular flexibility index (Phi) is 6.30. The van der Waals surface area contributed by atoms with Crippen molar-refractivity contribution in [2.24, 2.45) is 0 Å². The number of hydrogen-bond acceptors (Lipinski definition) is 4. The van der Waals surface area contributed by atoms with Crippen molar-refractivity contribution in [2.45, 2.75) is 31.2 Å². The summed E-state index contributed by atoms with van der Waals surface area (Å²) >= 11 is 7.85. The summed E-state index contributed by atoms with van der Waals surface area (Å²) in [4.78, 5) is 17.0. The molecular weight excluding hydrogens is 487 g/mol. The lowest BCUT2D eigenvalue weighted by atomic mass is 10.0. The average Bonchev–Trinajstić information content (AvgIpc) is 3.47. The molecule has 5 rings (SSSR count). The van der Waals surface area contributed by atoms with Crippen LogP contribution in [0.3, 0.4) is 0 Å². The number of nitrogens with zero attached hydrogens (tertiary/aromatic N) is 3. The molecule has 2 aliphatic rings. The van der Waals surface area contributed by atoms with E-state index in [0.717, 1.165) is 29.2 Å². The average molecular weight is 511 g/mol. The second kappa shape index (κ2) is 9.24. The third-order valence-electron chi connectivity index (χ3n) is 6.44. The number of rotatable bonds is 4. The van der Waals surface area contributed by atoms with Crippen molar-refractivity contribution in [2.75, 3.05) is 31.5 Å². The van der Waals surface area contributed by atoms with E-state index in [1.165, 1.54) is 21.8 Å². The van der Waals surface area contributed by atoms with Crippen LogP contribution in [0.2, 0.25) is 5.02 Å². The molecule has 0 aliphatic carbocycles. The predicted molar refractivity (Wildman–Crippen MR) is 124 cm³/mol. The predicted octanol–water partition coefficient (Wildman–Crippen LogP) is 3.80. The van der Waals surface area contributed by atoms with E-state index in [-0.39, 0.29) is 23.0 Å². The topological polar surface area (TPSA) is 54.6 Å². The summed E-state index contributed by atoms with van der Waals surface area (Å²) < 4.78 is 42.6. The van der Waals surface area contributed by atoms with Gasteiger partial charge in [0.15, 0.2) is 11.7 Å². The van der Waals surface area contributed by atoms with Crippen molar-refractivity contribution in [3.05, 3.63) is 69.0 Å². The Morgan fingerprint density at radius 1 is 1.18 bits per heavy atom. The van der Waals surface area contributed by atoms with Gasteiger partial charge in [0, 0.05) is 16.9 Å². The number of nitrogens with one attached hydrogen (secondary N) is 2. The molecule has 0 radical (unpaired) electrons. The summed E-state index contributed by atoms with van der Waals surface area (Å²) in [5, 5.41) is 8.93. The number of carbonyl (C=O) groups is 1. The maximum Gasteiger partial charge on any atom is 0.410 e. The molecule has 0 spiro atoms. The molecule has 1 saturated heterocycles. The van der Waals surface area contributed by atoms with Gasteiger partial charge in [-0.3, -0.25) is 4.79 Å². The van der Waals surface area contributed by atoms with E-state index in [0.29, 0.717) is 13.1 Å². The number of aromatic nitrogens is 2. The van der Waals surface area contributed by atoms with Gasteiger partial charge in [0.05, 0.1) is 32.2 Å². The van der Waals surface area contributed by atoms with Crippen LogP contribution in [-0.4, -0.2) is 52.9 Å². The number of benzene rings is 1. The lowest BCUT2D eigenvalue weighted by molar-refractivity contribution is -0.917. The van der Waals surface area contributed by atoms with Crippen LogP contribution in [0.25, 0.3) is 0 Å². The van der Waals surface area contributed by atoms with Crippen LogP contribution in [0.15, 0.2) is 47.8 Å². The Labute approximate surface area is 203 Å². The van der Waals surface area contributed by atoms with E-state index in [1.807, 2.05) is 23.6 Å². The highest BCUT2D eigenvalue weighted by atomic mass is 35.5. The molecule has 2 atom stereocenters. The van der Waals surface area contributed by atoms with Crippen LogP contribution in [0.4, 0.5) is 19.0 Å². The highest BCUT2D eigenvalue weighted by Crippen LogP contribution is 2.46. The first-order valence-electron chi connectivity index (χ1n) is 11.1. The maximum absolute atomic E-state index is 13.9. The molecule has 4 heterocycles. The Morgan fingerprint density at radius 2 is 1.91 bits per heavy atom. The van der Waals surface area contributed by atoms with E-state index in [9.17, 15) is 18.0 Å². The van der Waals surface area contributed by atoms with Gasteiger partial charge in [0.2, 0.25) is 0 Å². The molecule has 180 valence electrons. The minimum absolute atomic E-state index is 0.0466. The van der Waals surface area contributed by atoms with Crippen LogP contribution in [0.1, 0.15) is 39.4 Å². The number of fused-ring (bicyclic) bond motifs is 1. The smallest absolute Gasteiger partial charge is 0.361 e. The third kappa shape index (κ3) is 4.54. The molecule has 1 fully saturated rings. The largest absolute Gasteiger partial charge is 0.410 e. The van der Waals surface area contributed by atoms with Gasteiger partial charge in [0.25, 0.3) is 5.91 Å². The van der Waals surface area contributed by atoms with E-state index < -0.39 is 24.2 Å². The van der Waals surface area contributed by atoms with Crippen molar-refractivity contribution in [1.29, 1.82) is 0 Å². The van der Waals surface area contributed by atoms with Crippen molar-refractivity contribution in [3.63, 3.8) is 0 Å². The molecule has 1 amide bonds. The standard InChI is InChI=1S/C23H23ClF3N5OS/c24-19-20(22(33)31-10-8-30(9-11-31)14-15-5-2-1-3-6-15)29-32-18(23(25,26)27)13-16(28-21(19)32)17-7-4-12-34-17/h1-7,12,16,18,28H,8-11,13-14H2/p+1. The van der Waals surface area contributed by atoms with Gasteiger partial charge in [-0.2, -0.15) is 18.3 Å². The molecule has 2 N–H and O–H groups in total. The lowest BCUT2D eigenvalue weighted by Crippen LogP contribution is -3.13. The SMILES string of the molecule is O=C(c1nn2c(c1Cl)NC(c1cccs1)CC2C(F)(F)F)N1CC[NH+](Cc2ccccc2)CC1. The number of halogens is 4. The van der Waals surface area contributed by atoms with Gasteiger partial charge in [-0.05, 0) is 11.4 Å². The van der Waals surface area contributed by atoms with Crippen LogP contribution in [0, 0.1) is 0 Å².